The molecule has 1 saturated carbocycles. The summed E-state index contributed by atoms with van der Waals surface area (Å²) in [6, 6.07) is 8.54. The number of nitrogens with one attached hydrogen (secondary N) is 1. The maximum Gasteiger partial charge on any atom is 0.150 e. The minimum atomic E-state index is 0.483. The van der Waals surface area contributed by atoms with Crippen LogP contribution in [0.3, 0.4) is 0 Å². The molecule has 0 spiro atoms. The van der Waals surface area contributed by atoms with Gasteiger partial charge in [-0.15, -0.1) is 0 Å². The Morgan fingerprint density at radius 3 is 2.71 bits per heavy atom. The second-order valence-corrected chi connectivity index (χ2v) is 6.68. The minimum Gasteiger partial charge on any atom is -0.497 e. The van der Waals surface area contributed by atoms with Crippen molar-refractivity contribution in [1.29, 1.82) is 0 Å². The zero-order valence-corrected chi connectivity index (χ0v) is 14.8. The van der Waals surface area contributed by atoms with Gasteiger partial charge in [0.1, 0.15) is 11.6 Å². The van der Waals surface area contributed by atoms with Gasteiger partial charge in [0.2, 0.25) is 0 Å². The van der Waals surface area contributed by atoms with Gasteiger partial charge in [-0.1, -0.05) is 19.4 Å². The van der Waals surface area contributed by atoms with E-state index in [2.05, 4.69) is 30.2 Å². The number of benzene rings is 1. The number of rotatable bonds is 7. The van der Waals surface area contributed by atoms with E-state index >= 15 is 0 Å². The van der Waals surface area contributed by atoms with Crippen LogP contribution in [0.5, 0.6) is 5.75 Å². The van der Waals surface area contributed by atoms with Crippen LogP contribution in [-0.2, 0) is 0 Å². The third kappa shape index (κ3) is 3.48. The third-order valence-electron chi connectivity index (χ3n) is 4.83. The van der Waals surface area contributed by atoms with Gasteiger partial charge in [0, 0.05) is 17.8 Å². The minimum absolute atomic E-state index is 0.483. The molecule has 1 aromatic carbocycles. The first kappa shape index (κ1) is 16.6. The van der Waals surface area contributed by atoms with Crippen LogP contribution in [0.4, 0.5) is 11.5 Å². The van der Waals surface area contributed by atoms with Crippen LogP contribution in [0, 0.1) is 12.8 Å². The van der Waals surface area contributed by atoms with E-state index < -0.39 is 0 Å². The molecule has 3 rings (SSSR count). The van der Waals surface area contributed by atoms with Gasteiger partial charge in [0.05, 0.1) is 12.8 Å². The Morgan fingerprint density at radius 1 is 1.29 bits per heavy atom. The van der Waals surface area contributed by atoms with Crippen LogP contribution in [0.15, 0.2) is 30.5 Å². The molecular formula is C20H27N3O. The number of aryl methyl sites for hydroxylation is 1. The third-order valence-corrected chi connectivity index (χ3v) is 4.83. The summed E-state index contributed by atoms with van der Waals surface area (Å²) >= 11 is 0. The highest BCUT2D eigenvalue weighted by Gasteiger charge is 2.31. The molecule has 3 N–H and O–H groups in total. The van der Waals surface area contributed by atoms with Gasteiger partial charge in [-0.05, 0) is 61.4 Å². The number of methoxy groups -OCH3 is 1. The topological polar surface area (TPSA) is 60.2 Å². The maximum absolute atomic E-state index is 6.46. The first-order valence-electron chi connectivity index (χ1n) is 8.80. The molecule has 4 heteroatoms. The van der Waals surface area contributed by atoms with Crippen LogP contribution in [0.25, 0.3) is 11.1 Å². The lowest BCUT2D eigenvalue weighted by Crippen LogP contribution is -2.23. The van der Waals surface area contributed by atoms with Gasteiger partial charge >= 0.3 is 0 Å². The average Bonchev–Trinajstić information content (AvgIpc) is 3.41. The lowest BCUT2D eigenvalue weighted by Gasteiger charge is -2.20. The highest BCUT2D eigenvalue weighted by molar-refractivity contribution is 5.85. The van der Waals surface area contributed by atoms with Crippen LogP contribution in [0.1, 0.15) is 38.2 Å². The summed E-state index contributed by atoms with van der Waals surface area (Å²) in [6.45, 7) is 4.31. The number of hydrogen-bond donors (Lipinski definition) is 2. The Balaban J connectivity index is 1.90. The number of pyridine rings is 1. The lowest BCUT2D eigenvalue weighted by molar-refractivity contribution is 0.414. The second-order valence-electron chi connectivity index (χ2n) is 6.68. The van der Waals surface area contributed by atoms with Crippen molar-refractivity contribution in [1.82, 2.24) is 4.98 Å². The number of hydrogen-bond acceptors (Lipinski definition) is 4. The van der Waals surface area contributed by atoms with E-state index in [1.807, 2.05) is 24.4 Å². The summed E-state index contributed by atoms with van der Waals surface area (Å²) in [4.78, 5) is 4.50. The summed E-state index contributed by atoms with van der Waals surface area (Å²) in [5, 5.41) is 3.60. The predicted molar refractivity (Wildman–Crippen MR) is 100 cm³/mol. The first-order valence-corrected chi connectivity index (χ1v) is 8.80. The van der Waals surface area contributed by atoms with Crippen molar-refractivity contribution in [3.05, 3.63) is 36.0 Å². The average molecular weight is 325 g/mol. The fourth-order valence-electron chi connectivity index (χ4n) is 3.30. The zero-order chi connectivity index (χ0) is 17.1. The molecule has 1 aromatic heterocycles. The number of nitrogens with zero attached hydrogens (tertiary/aromatic N) is 1. The molecule has 0 amide bonds. The van der Waals surface area contributed by atoms with Gasteiger partial charge in [0.15, 0.2) is 0 Å². The highest BCUT2D eigenvalue weighted by atomic mass is 16.5. The summed E-state index contributed by atoms with van der Waals surface area (Å²) in [5.41, 5.74) is 10.5. The molecule has 1 fully saturated rings. The summed E-state index contributed by atoms with van der Waals surface area (Å²) in [6.07, 6.45) is 6.81. The Kier molecular flexibility index (Phi) is 4.93. The molecule has 2 aromatic rings. The Hall–Kier alpha value is -2.23. The summed E-state index contributed by atoms with van der Waals surface area (Å²) in [7, 11) is 1.68. The molecule has 24 heavy (non-hydrogen) atoms. The molecular weight excluding hydrogens is 298 g/mol. The van der Waals surface area contributed by atoms with Crippen LogP contribution >= 0.6 is 0 Å². The molecule has 0 saturated heterocycles. The number of nitrogen functional groups attached to an aromatic ring is 1. The van der Waals surface area contributed by atoms with E-state index in [-0.39, 0.29) is 0 Å². The molecule has 0 bridgehead atoms. The Bertz CT molecular complexity index is 710. The molecule has 1 heterocycles. The van der Waals surface area contributed by atoms with Gasteiger partial charge in [-0.2, -0.15) is 0 Å². The van der Waals surface area contributed by atoms with E-state index in [0.717, 1.165) is 46.3 Å². The van der Waals surface area contributed by atoms with E-state index in [9.17, 15) is 0 Å². The van der Waals surface area contributed by atoms with Crippen LogP contribution < -0.4 is 15.8 Å². The number of ether oxygens (including phenoxy) is 1. The number of nitrogens with two attached hydrogens (primary N) is 1. The van der Waals surface area contributed by atoms with Crippen molar-refractivity contribution in [3.63, 3.8) is 0 Å². The fourth-order valence-corrected chi connectivity index (χ4v) is 3.30. The van der Waals surface area contributed by atoms with Crippen LogP contribution in [-0.4, -0.2) is 18.1 Å². The van der Waals surface area contributed by atoms with Gasteiger partial charge < -0.3 is 15.8 Å². The van der Waals surface area contributed by atoms with Crippen molar-refractivity contribution in [2.45, 2.75) is 45.6 Å². The van der Waals surface area contributed by atoms with Crippen molar-refractivity contribution < 1.29 is 4.74 Å². The predicted octanol–water partition coefficient (Wildman–Crippen LogP) is 4.64. The Labute approximate surface area is 144 Å². The normalized spacial score (nSPS) is 15.1. The maximum atomic E-state index is 6.46. The smallest absolute Gasteiger partial charge is 0.150 e. The van der Waals surface area contributed by atoms with Crippen molar-refractivity contribution in [2.24, 2.45) is 5.92 Å². The van der Waals surface area contributed by atoms with Crippen molar-refractivity contribution in [2.75, 3.05) is 18.2 Å². The fraction of sp³-hybridized carbons (Fsp3) is 0.450. The second kappa shape index (κ2) is 7.12. The first-order chi connectivity index (χ1) is 11.6. The molecule has 0 aliphatic heterocycles. The molecule has 128 valence electrons. The SMILES string of the molecule is CCCC(Nc1nccc(-c2ccc(OC)cc2C)c1N)C1CC1. The van der Waals surface area contributed by atoms with E-state index in [0.29, 0.717) is 6.04 Å². The highest BCUT2D eigenvalue weighted by Crippen LogP contribution is 2.38. The Morgan fingerprint density at radius 2 is 2.08 bits per heavy atom. The quantitative estimate of drug-likeness (QED) is 0.778. The van der Waals surface area contributed by atoms with Crippen LogP contribution in [0.2, 0.25) is 0 Å². The molecule has 1 aliphatic carbocycles. The zero-order valence-electron chi connectivity index (χ0n) is 14.8. The van der Waals surface area contributed by atoms with Gasteiger partial charge in [-0.3, -0.25) is 0 Å². The van der Waals surface area contributed by atoms with Gasteiger partial charge in [-0.25, -0.2) is 4.98 Å². The number of anilines is 2. The van der Waals surface area contributed by atoms with E-state index in [1.165, 1.54) is 19.3 Å². The van der Waals surface area contributed by atoms with E-state index in [1.54, 1.807) is 7.11 Å². The monoisotopic (exact) mass is 325 g/mol. The van der Waals surface area contributed by atoms with Gasteiger partial charge in [0.25, 0.3) is 0 Å². The largest absolute Gasteiger partial charge is 0.497 e. The summed E-state index contributed by atoms with van der Waals surface area (Å²) in [5.74, 6) is 2.45. The van der Waals surface area contributed by atoms with Crippen molar-refractivity contribution >= 4 is 11.5 Å². The van der Waals surface area contributed by atoms with Crippen molar-refractivity contribution in [3.8, 4) is 16.9 Å². The molecule has 4 nitrogen and oxygen atoms in total. The standard InChI is InChI=1S/C20H27N3O/c1-4-5-18(14-6-7-14)23-20-19(21)17(10-11-22-20)16-9-8-15(24-3)12-13(16)2/h8-12,14,18H,4-7,21H2,1-3H3,(H,22,23). The molecule has 1 aliphatic rings. The molecule has 1 unspecified atom stereocenters. The lowest BCUT2D eigenvalue weighted by atomic mass is 9.99. The molecule has 0 radical (unpaired) electrons. The number of aromatic nitrogens is 1. The van der Waals surface area contributed by atoms with E-state index in [4.69, 9.17) is 10.5 Å². The molecule has 1 atom stereocenters. The summed E-state index contributed by atoms with van der Waals surface area (Å²) < 4.78 is 5.30.